The van der Waals surface area contributed by atoms with E-state index in [9.17, 15) is 0 Å². The van der Waals surface area contributed by atoms with Gasteiger partial charge in [-0.15, -0.1) is 0 Å². The second-order valence-corrected chi connectivity index (χ2v) is 5.25. The molecule has 96 valence electrons. The molecular formula is C13H16ClN3O. The van der Waals surface area contributed by atoms with Crippen molar-refractivity contribution in [3.63, 3.8) is 0 Å². The van der Waals surface area contributed by atoms with Crippen molar-refractivity contribution in [2.45, 2.75) is 37.8 Å². The quantitative estimate of drug-likeness (QED) is 0.878. The molecule has 1 aliphatic carbocycles. The summed E-state index contributed by atoms with van der Waals surface area (Å²) in [6.07, 6.45) is 6.06. The van der Waals surface area contributed by atoms with Gasteiger partial charge in [0.2, 0.25) is 0 Å². The van der Waals surface area contributed by atoms with Crippen LogP contribution in [0.4, 0.5) is 0 Å². The average molecular weight is 266 g/mol. The van der Waals surface area contributed by atoms with Crippen LogP contribution in [0.15, 0.2) is 18.3 Å². The van der Waals surface area contributed by atoms with E-state index in [-0.39, 0.29) is 12.1 Å². The minimum absolute atomic E-state index is 0.176. The number of hydrogen-bond donors (Lipinski definition) is 2. The summed E-state index contributed by atoms with van der Waals surface area (Å²) in [5.41, 5.74) is 6.89. The molecule has 1 fully saturated rings. The van der Waals surface area contributed by atoms with Gasteiger partial charge in [0.25, 0.3) is 0 Å². The van der Waals surface area contributed by atoms with Gasteiger partial charge in [0.05, 0.1) is 16.7 Å². The Kier molecular flexibility index (Phi) is 3.14. The summed E-state index contributed by atoms with van der Waals surface area (Å²) >= 11 is 6.32. The summed E-state index contributed by atoms with van der Waals surface area (Å²) in [5.74, 6) is 0.727. The summed E-state index contributed by atoms with van der Waals surface area (Å²) in [4.78, 5) is 0. The molecule has 1 heterocycles. The first-order valence-corrected chi connectivity index (χ1v) is 6.65. The van der Waals surface area contributed by atoms with E-state index in [1.54, 1.807) is 6.20 Å². The molecule has 0 unspecified atom stereocenters. The van der Waals surface area contributed by atoms with Crippen LogP contribution in [0.2, 0.25) is 5.02 Å². The largest absolute Gasteiger partial charge is 0.489 e. The van der Waals surface area contributed by atoms with Gasteiger partial charge in [0.1, 0.15) is 11.9 Å². The Balaban J connectivity index is 1.83. The fourth-order valence-electron chi connectivity index (χ4n) is 2.52. The summed E-state index contributed by atoms with van der Waals surface area (Å²) in [7, 11) is 0. The normalized spacial score (nSPS) is 24.3. The first kappa shape index (κ1) is 11.8. The molecule has 3 N–H and O–H groups in total. The van der Waals surface area contributed by atoms with E-state index in [0.717, 1.165) is 42.3 Å². The number of nitrogens with one attached hydrogen (secondary N) is 1. The zero-order valence-corrected chi connectivity index (χ0v) is 10.8. The number of rotatable bonds is 2. The maximum atomic E-state index is 6.32. The highest BCUT2D eigenvalue weighted by Crippen LogP contribution is 2.34. The maximum absolute atomic E-state index is 6.32. The highest BCUT2D eigenvalue weighted by molar-refractivity contribution is 6.36. The van der Waals surface area contributed by atoms with E-state index in [1.807, 2.05) is 12.1 Å². The molecule has 1 aliphatic rings. The number of halogens is 1. The van der Waals surface area contributed by atoms with Crippen molar-refractivity contribution in [3.05, 3.63) is 23.4 Å². The minimum Gasteiger partial charge on any atom is -0.489 e. The Morgan fingerprint density at radius 2 is 2.28 bits per heavy atom. The fourth-order valence-corrected chi connectivity index (χ4v) is 2.78. The number of aromatic nitrogens is 2. The van der Waals surface area contributed by atoms with Gasteiger partial charge in [-0.05, 0) is 37.8 Å². The SMILES string of the molecule is N[C@@H]1CCC[C@H](Oc2ccc3[nH]ncc3c2Cl)C1. The van der Waals surface area contributed by atoms with Gasteiger partial charge in [-0.25, -0.2) is 0 Å². The molecule has 2 atom stereocenters. The maximum Gasteiger partial charge on any atom is 0.139 e. The summed E-state index contributed by atoms with van der Waals surface area (Å²) in [5, 5.41) is 8.39. The molecule has 0 amide bonds. The smallest absolute Gasteiger partial charge is 0.139 e. The van der Waals surface area contributed by atoms with Gasteiger partial charge in [-0.3, -0.25) is 5.10 Å². The van der Waals surface area contributed by atoms with Crippen molar-refractivity contribution < 1.29 is 4.74 Å². The summed E-state index contributed by atoms with van der Waals surface area (Å²) in [6.45, 7) is 0. The van der Waals surface area contributed by atoms with Crippen molar-refractivity contribution in [3.8, 4) is 5.75 Å². The molecule has 3 rings (SSSR count). The van der Waals surface area contributed by atoms with Crippen LogP contribution in [0.5, 0.6) is 5.75 Å². The molecule has 5 heteroatoms. The molecule has 0 aliphatic heterocycles. The van der Waals surface area contributed by atoms with Crippen molar-refractivity contribution >= 4 is 22.5 Å². The zero-order chi connectivity index (χ0) is 12.5. The van der Waals surface area contributed by atoms with Crippen LogP contribution in [0.25, 0.3) is 10.9 Å². The highest BCUT2D eigenvalue weighted by Gasteiger charge is 2.21. The Hall–Kier alpha value is -1.26. The zero-order valence-electron chi connectivity index (χ0n) is 10.0. The third kappa shape index (κ3) is 2.18. The van der Waals surface area contributed by atoms with Gasteiger partial charge in [-0.1, -0.05) is 11.6 Å². The van der Waals surface area contributed by atoms with Crippen molar-refractivity contribution in [1.82, 2.24) is 10.2 Å². The monoisotopic (exact) mass is 265 g/mol. The molecule has 0 radical (unpaired) electrons. The van der Waals surface area contributed by atoms with E-state index in [0.29, 0.717) is 5.02 Å². The van der Waals surface area contributed by atoms with Gasteiger partial charge in [-0.2, -0.15) is 5.10 Å². The number of benzene rings is 1. The van der Waals surface area contributed by atoms with E-state index in [2.05, 4.69) is 10.2 Å². The van der Waals surface area contributed by atoms with Crippen LogP contribution in [0.1, 0.15) is 25.7 Å². The number of nitrogens with zero attached hydrogens (tertiary/aromatic N) is 1. The van der Waals surface area contributed by atoms with E-state index in [4.69, 9.17) is 22.1 Å². The van der Waals surface area contributed by atoms with Crippen molar-refractivity contribution in [1.29, 1.82) is 0 Å². The summed E-state index contributed by atoms with van der Waals surface area (Å²) < 4.78 is 5.98. The Labute approximate surface area is 110 Å². The number of H-pyrrole nitrogens is 1. The number of aromatic amines is 1. The lowest BCUT2D eigenvalue weighted by atomic mass is 9.93. The second kappa shape index (κ2) is 4.78. The summed E-state index contributed by atoms with van der Waals surface area (Å²) in [6, 6.07) is 4.08. The third-order valence-corrected chi connectivity index (χ3v) is 3.87. The predicted octanol–water partition coefficient (Wildman–Crippen LogP) is 2.87. The van der Waals surface area contributed by atoms with E-state index < -0.39 is 0 Å². The van der Waals surface area contributed by atoms with Crippen molar-refractivity contribution in [2.24, 2.45) is 5.73 Å². The lowest BCUT2D eigenvalue weighted by Gasteiger charge is -2.27. The lowest BCUT2D eigenvalue weighted by molar-refractivity contribution is 0.145. The number of hydrogen-bond acceptors (Lipinski definition) is 3. The molecule has 1 aromatic heterocycles. The Bertz CT molecular complexity index is 554. The number of fused-ring (bicyclic) bond motifs is 1. The molecule has 0 bridgehead atoms. The van der Waals surface area contributed by atoms with E-state index >= 15 is 0 Å². The molecular weight excluding hydrogens is 250 g/mol. The molecule has 4 nitrogen and oxygen atoms in total. The van der Waals surface area contributed by atoms with Crippen LogP contribution >= 0.6 is 11.6 Å². The van der Waals surface area contributed by atoms with E-state index in [1.165, 1.54) is 0 Å². The van der Waals surface area contributed by atoms with Crippen LogP contribution in [-0.2, 0) is 0 Å². The molecule has 0 spiro atoms. The first-order valence-electron chi connectivity index (χ1n) is 6.28. The fraction of sp³-hybridized carbons (Fsp3) is 0.462. The number of ether oxygens (including phenoxy) is 1. The average Bonchev–Trinajstić information content (AvgIpc) is 2.82. The van der Waals surface area contributed by atoms with Gasteiger partial charge in [0.15, 0.2) is 0 Å². The van der Waals surface area contributed by atoms with Crippen LogP contribution < -0.4 is 10.5 Å². The minimum atomic E-state index is 0.176. The number of nitrogens with two attached hydrogens (primary N) is 1. The van der Waals surface area contributed by atoms with Crippen LogP contribution in [0, 0.1) is 0 Å². The van der Waals surface area contributed by atoms with Crippen LogP contribution in [-0.4, -0.2) is 22.3 Å². The molecule has 0 saturated heterocycles. The molecule has 2 aromatic rings. The lowest BCUT2D eigenvalue weighted by Crippen LogP contribution is -2.33. The second-order valence-electron chi connectivity index (χ2n) is 4.88. The van der Waals surface area contributed by atoms with Crippen LogP contribution in [0.3, 0.4) is 0 Å². The molecule has 1 saturated carbocycles. The third-order valence-electron chi connectivity index (χ3n) is 3.48. The Morgan fingerprint density at radius 3 is 3.11 bits per heavy atom. The van der Waals surface area contributed by atoms with Crippen molar-refractivity contribution in [2.75, 3.05) is 0 Å². The standard InChI is InChI=1S/C13H16ClN3O/c14-13-10-7-16-17-11(10)4-5-12(13)18-9-3-1-2-8(15)6-9/h4-5,7-9H,1-3,6,15H2,(H,16,17)/t8-,9+/m1/s1. The molecule has 18 heavy (non-hydrogen) atoms. The van der Waals surface area contributed by atoms with Gasteiger partial charge in [0, 0.05) is 11.4 Å². The topological polar surface area (TPSA) is 63.9 Å². The van der Waals surface area contributed by atoms with Gasteiger partial charge < -0.3 is 10.5 Å². The Morgan fingerprint density at radius 1 is 1.39 bits per heavy atom. The highest BCUT2D eigenvalue weighted by atomic mass is 35.5. The predicted molar refractivity (Wildman–Crippen MR) is 72.0 cm³/mol. The molecule has 1 aromatic carbocycles. The van der Waals surface area contributed by atoms with Gasteiger partial charge >= 0.3 is 0 Å². The first-order chi connectivity index (χ1) is 8.74.